The average molecular weight is 364 g/mol. The highest BCUT2D eigenvalue weighted by atomic mass is 32.1. The molecule has 0 saturated heterocycles. The van der Waals surface area contributed by atoms with Crippen LogP contribution in [0.3, 0.4) is 0 Å². The van der Waals surface area contributed by atoms with Crippen LogP contribution in [0.15, 0.2) is 87.1 Å². The van der Waals surface area contributed by atoms with Crippen LogP contribution in [-0.2, 0) is 0 Å². The highest BCUT2D eigenvalue weighted by molar-refractivity contribution is 7.07. The number of thiazole rings is 1. The van der Waals surface area contributed by atoms with Crippen LogP contribution in [0.25, 0.3) is 11.5 Å². The van der Waals surface area contributed by atoms with Gasteiger partial charge in [-0.25, -0.2) is 14.1 Å². The Balaban J connectivity index is 1.85. The first-order chi connectivity index (χ1) is 12.8. The fourth-order valence-corrected chi connectivity index (χ4v) is 3.13. The van der Waals surface area contributed by atoms with Crippen molar-refractivity contribution >= 4 is 23.2 Å². The van der Waals surface area contributed by atoms with E-state index >= 15 is 0 Å². The Morgan fingerprint density at radius 3 is 2.69 bits per heavy atom. The van der Waals surface area contributed by atoms with Crippen LogP contribution in [0.1, 0.15) is 5.56 Å². The SMILES string of the molecule is Fc1ccccc1N=c1scc(-c2ccco2)n1N=Cc1ccncc1. The molecule has 1 aromatic carbocycles. The molecular weight excluding hydrogens is 351 g/mol. The quantitative estimate of drug-likeness (QED) is 0.502. The minimum atomic E-state index is -0.384. The van der Waals surface area contributed by atoms with E-state index in [1.807, 2.05) is 23.6 Å². The second kappa shape index (κ2) is 7.28. The average Bonchev–Trinajstić information content (AvgIpc) is 3.32. The lowest BCUT2D eigenvalue weighted by Crippen LogP contribution is -2.11. The Labute approximate surface area is 152 Å². The van der Waals surface area contributed by atoms with Gasteiger partial charge >= 0.3 is 0 Å². The van der Waals surface area contributed by atoms with Crippen LogP contribution >= 0.6 is 11.3 Å². The molecule has 0 saturated carbocycles. The molecule has 0 bridgehead atoms. The van der Waals surface area contributed by atoms with Crippen molar-refractivity contribution in [1.82, 2.24) is 9.66 Å². The van der Waals surface area contributed by atoms with Gasteiger partial charge in [-0.15, -0.1) is 11.3 Å². The van der Waals surface area contributed by atoms with Gasteiger partial charge < -0.3 is 4.42 Å². The van der Waals surface area contributed by atoms with Crippen molar-refractivity contribution in [3.63, 3.8) is 0 Å². The number of nitrogens with zero attached hydrogens (tertiary/aromatic N) is 4. The van der Waals surface area contributed by atoms with Gasteiger partial charge in [0.15, 0.2) is 5.76 Å². The van der Waals surface area contributed by atoms with Crippen molar-refractivity contribution in [3.05, 3.63) is 88.7 Å². The molecule has 0 fully saturated rings. The maximum Gasteiger partial charge on any atom is 0.211 e. The molecule has 0 aliphatic heterocycles. The Bertz CT molecular complexity index is 1100. The highest BCUT2D eigenvalue weighted by Gasteiger charge is 2.10. The molecule has 7 heteroatoms. The zero-order valence-corrected chi connectivity index (χ0v) is 14.3. The van der Waals surface area contributed by atoms with Crippen LogP contribution in [-0.4, -0.2) is 15.9 Å². The van der Waals surface area contributed by atoms with Crippen LogP contribution in [0.5, 0.6) is 0 Å². The summed E-state index contributed by atoms with van der Waals surface area (Å²) in [6.07, 6.45) is 6.67. The summed E-state index contributed by atoms with van der Waals surface area (Å²) in [7, 11) is 0. The first kappa shape index (κ1) is 16.2. The van der Waals surface area contributed by atoms with E-state index in [4.69, 9.17) is 4.42 Å². The minimum Gasteiger partial charge on any atom is -0.463 e. The van der Waals surface area contributed by atoms with Gasteiger partial charge in [0.05, 0.1) is 12.5 Å². The number of pyridine rings is 1. The molecule has 128 valence electrons. The van der Waals surface area contributed by atoms with Crippen LogP contribution in [0.4, 0.5) is 10.1 Å². The number of aromatic nitrogens is 2. The predicted molar refractivity (Wildman–Crippen MR) is 98.9 cm³/mol. The summed E-state index contributed by atoms with van der Waals surface area (Å²) in [5, 5.41) is 6.39. The molecule has 26 heavy (non-hydrogen) atoms. The molecule has 0 unspecified atom stereocenters. The number of benzene rings is 1. The number of furan rings is 1. The van der Waals surface area contributed by atoms with Gasteiger partial charge in [0.2, 0.25) is 4.80 Å². The second-order valence-corrected chi connectivity index (χ2v) is 6.12. The Morgan fingerprint density at radius 1 is 1.08 bits per heavy atom. The van der Waals surface area contributed by atoms with Crippen molar-refractivity contribution in [2.75, 3.05) is 0 Å². The first-order valence-electron chi connectivity index (χ1n) is 7.79. The van der Waals surface area contributed by atoms with Crippen molar-refractivity contribution in [3.8, 4) is 11.5 Å². The molecule has 5 nitrogen and oxygen atoms in total. The largest absolute Gasteiger partial charge is 0.463 e. The van der Waals surface area contributed by atoms with Crippen molar-refractivity contribution in [1.29, 1.82) is 0 Å². The molecule has 0 aliphatic rings. The van der Waals surface area contributed by atoms with Crippen LogP contribution < -0.4 is 4.80 Å². The summed E-state index contributed by atoms with van der Waals surface area (Å²) in [5.41, 5.74) is 1.88. The lowest BCUT2D eigenvalue weighted by molar-refractivity contribution is 0.575. The molecular formula is C19H13FN4OS. The number of rotatable bonds is 4. The fourth-order valence-electron chi connectivity index (χ4n) is 2.30. The molecule has 3 heterocycles. The smallest absolute Gasteiger partial charge is 0.211 e. The van der Waals surface area contributed by atoms with Crippen LogP contribution in [0, 0.1) is 5.82 Å². The maximum absolute atomic E-state index is 14.0. The minimum absolute atomic E-state index is 0.258. The monoisotopic (exact) mass is 364 g/mol. The van der Waals surface area contributed by atoms with Crippen molar-refractivity contribution in [2.45, 2.75) is 0 Å². The predicted octanol–water partition coefficient (Wildman–Crippen LogP) is 4.46. The number of halogens is 1. The summed E-state index contributed by atoms with van der Waals surface area (Å²) in [6, 6.07) is 13.7. The molecule has 0 radical (unpaired) electrons. The summed E-state index contributed by atoms with van der Waals surface area (Å²) >= 11 is 1.36. The molecule has 0 aliphatic carbocycles. The van der Waals surface area contributed by atoms with E-state index in [0.717, 1.165) is 11.3 Å². The Morgan fingerprint density at radius 2 is 1.92 bits per heavy atom. The normalized spacial score (nSPS) is 12.1. The third-order valence-electron chi connectivity index (χ3n) is 3.56. The standard InChI is InChI=1S/C19H13FN4OS/c20-15-4-1-2-5-16(15)23-19-24(22-12-14-7-9-21-10-8-14)17(13-26-19)18-6-3-11-25-18/h1-13H. The maximum atomic E-state index is 14.0. The molecule has 4 rings (SSSR count). The van der Waals surface area contributed by atoms with Gasteiger partial charge in [-0.05, 0) is 42.0 Å². The van der Waals surface area contributed by atoms with Gasteiger partial charge in [-0.2, -0.15) is 5.10 Å². The van der Waals surface area contributed by atoms with E-state index in [1.54, 1.807) is 53.8 Å². The van der Waals surface area contributed by atoms with Gasteiger partial charge in [0, 0.05) is 17.8 Å². The molecule has 0 atom stereocenters. The summed E-state index contributed by atoms with van der Waals surface area (Å²) in [6.45, 7) is 0. The summed E-state index contributed by atoms with van der Waals surface area (Å²) < 4.78 is 21.1. The van der Waals surface area contributed by atoms with E-state index in [-0.39, 0.29) is 11.5 Å². The van der Waals surface area contributed by atoms with E-state index in [0.29, 0.717) is 10.6 Å². The van der Waals surface area contributed by atoms with E-state index in [1.165, 1.54) is 17.4 Å². The summed E-state index contributed by atoms with van der Waals surface area (Å²) in [4.78, 5) is 8.95. The van der Waals surface area contributed by atoms with Crippen molar-refractivity contribution < 1.29 is 8.81 Å². The topological polar surface area (TPSA) is 55.7 Å². The zero-order chi connectivity index (χ0) is 17.8. The molecule has 0 spiro atoms. The number of para-hydroxylation sites is 1. The second-order valence-electron chi connectivity index (χ2n) is 5.28. The molecule has 3 aromatic heterocycles. The first-order valence-corrected chi connectivity index (χ1v) is 8.67. The fraction of sp³-hybridized carbons (Fsp3) is 0. The van der Waals surface area contributed by atoms with Gasteiger partial charge in [-0.1, -0.05) is 12.1 Å². The molecule has 0 N–H and O–H groups in total. The van der Waals surface area contributed by atoms with Gasteiger partial charge in [-0.3, -0.25) is 4.98 Å². The van der Waals surface area contributed by atoms with Gasteiger partial charge in [0.1, 0.15) is 17.2 Å². The Hall–Kier alpha value is -3.32. The number of hydrogen-bond donors (Lipinski definition) is 0. The van der Waals surface area contributed by atoms with E-state index in [9.17, 15) is 4.39 Å². The van der Waals surface area contributed by atoms with Crippen LogP contribution in [0.2, 0.25) is 0 Å². The zero-order valence-electron chi connectivity index (χ0n) is 13.5. The lowest BCUT2D eigenvalue weighted by Gasteiger charge is -2.01. The number of hydrogen-bond acceptors (Lipinski definition) is 5. The molecule has 4 aromatic rings. The molecule has 0 amide bonds. The van der Waals surface area contributed by atoms with E-state index in [2.05, 4.69) is 15.1 Å². The summed E-state index contributed by atoms with van der Waals surface area (Å²) in [5.74, 6) is 0.272. The van der Waals surface area contributed by atoms with E-state index < -0.39 is 0 Å². The third kappa shape index (κ3) is 3.38. The third-order valence-corrected chi connectivity index (χ3v) is 4.37. The highest BCUT2D eigenvalue weighted by Crippen LogP contribution is 2.22. The lowest BCUT2D eigenvalue weighted by atomic mass is 10.3. The Kier molecular flexibility index (Phi) is 4.53. The van der Waals surface area contributed by atoms with Crippen molar-refractivity contribution in [2.24, 2.45) is 10.1 Å². The van der Waals surface area contributed by atoms with Gasteiger partial charge in [0.25, 0.3) is 0 Å².